The fraction of sp³-hybridized carbons (Fsp3) is 0.471. The molecule has 0 aliphatic heterocycles. The normalized spacial score (nSPS) is 12.4. The maximum Gasteiger partial charge on any atom is 0.330 e. The Kier molecular flexibility index (Phi) is 7.54. The van der Waals surface area contributed by atoms with E-state index in [0.29, 0.717) is 18.8 Å². The minimum absolute atomic E-state index is 0.353. The van der Waals surface area contributed by atoms with E-state index < -0.39 is 6.10 Å². The van der Waals surface area contributed by atoms with Crippen LogP contribution in [-0.4, -0.2) is 30.9 Å². The molecule has 0 saturated heterocycles. The van der Waals surface area contributed by atoms with Crippen molar-refractivity contribution in [2.45, 2.75) is 39.2 Å². The Labute approximate surface area is 126 Å². The first-order chi connectivity index (χ1) is 10.1. The molecule has 1 aromatic carbocycles. The number of carbonyl (C=O) groups excluding carboxylic acids is 1. The second kappa shape index (κ2) is 9.19. The first-order valence-electron chi connectivity index (χ1n) is 7.26. The Balaban J connectivity index is 2.80. The Morgan fingerprint density at radius 2 is 2.19 bits per heavy atom. The van der Waals surface area contributed by atoms with E-state index >= 15 is 0 Å². The van der Waals surface area contributed by atoms with Crippen LogP contribution in [0.4, 0.5) is 0 Å². The molecule has 0 aromatic heterocycles. The topological polar surface area (TPSA) is 55.8 Å². The largest absolute Gasteiger partial charge is 0.497 e. The third kappa shape index (κ3) is 6.45. The minimum atomic E-state index is -0.443. The van der Waals surface area contributed by atoms with Crippen LogP contribution in [0.25, 0.3) is 6.08 Å². The first-order valence-corrected chi connectivity index (χ1v) is 7.26. The van der Waals surface area contributed by atoms with Crippen LogP contribution >= 0.6 is 0 Å². The third-order valence-electron chi connectivity index (χ3n) is 3.01. The lowest BCUT2D eigenvalue weighted by molar-refractivity contribution is -0.137. The van der Waals surface area contributed by atoms with Gasteiger partial charge in [-0.3, -0.25) is 0 Å². The molecule has 21 heavy (non-hydrogen) atoms. The summed E-state index contributed by atoms with van der Waals surface area (Å²) in [6, 6.07) is 5.58. The van der Waals surface area contributed by atoms with Crippen molar-refractivity contribution in [2.75, 3.05) is 13.7 Å². The quantitative estimate of drug-likeness (QED) is 0.454. The van der Waals surface area contributed by atoms with E-state index in [-0.39, 0.29) is 5.97 Å². The third-order valence-corrected chi connectivity index (χ3v) is 3.01. The number of aliphatic hydroxyl groups excluding tert-OH is 1. The summed E-state index contributed by atoms with van der Waals surface area (Å²) in [5.74, 6) is 0.359. The van der Waals surface area contributed by atoms with E-state index in [1.165, 1.54) is 6.08 Å². The van der Waals surface area contributed by atoms with Crippen molar-refractivity contribution in [3.05, 3.63) is 35.4 Å². The van der Waals surface area contributed by atoms with Crippen molar-refractivity contribution >= 4 is 12.0 Å². The van der Waals surface area contributed by atoms with Gasteiger partial charge in [-0.2, -0.15) is 0 Å². The SMILES string of the molecule is CCCCOC(=O)/C=C/c1cc(OC)ccc1CC(C)O. The fourth-order valence-corrected chi connectivity index (χ4v) is 1.88. The number of hydrogen-bond acceptors (Lipinski definition) is 4. The lowest BCUT2D eigenvalue weighted by Gasteiger charge is -2.10. The van der Waals surface area contributed by atoms with E-state index in [1.807, 2.05) is 25.1 Å². The molecule has 116 valence electrons. The molecule has 0 radical (unpaired) electrons. The maximum atomic E-state index is 11.6. The summed E-state index contributed by atoms with van der Waals surface area (Å²) in [4.78, 5) is 11.6. The second-order valence-corrected chi connectivity index (χ2v) is 4.97. The Hall–Kier alpha value is -1.81. The van der Waals surface area contributed by atoms with Crippen molar-refractivity contribution in [3.8, 4) is 5.75 Å². The van der Waals surface area contributed by atoms with Crippen LogP contribution < -0.4 is 4.74 Å². The zero-order chi connectivity index (χ0) is 15.7. The van der Waals surface area contributed by atoms with Crippen LogP contribution in [0, 0.1) is 0 Å². The van der Waals surface area contributed by atoms with E-state index in [9.17, 15) is 9.90 Å². The van der Waals surface area contributed by atoms with Crippen molar-refractivity contribution in [2.24, 2.45) is 0 Å². The summed E-state index contributed by atoms with van der Waals surface area (Å²) in [6.07, 6.45) is 5.05. The predicted octanol–water partition coefficient (Wildman–Crippen LogP) is 2.98. The molecule has 0 heterocycles. The first kappa shape index (κ1) is 17.2. The molecular formula is C17H24O4. The van der Waals surface area contributed by atoms with Gasteiger partial charge in [0.1, 0.15) is 5.75 Å². The molecule has 0 fully saturated rings. The van der Waals surface area contributed by atoms with Crippen LogP contribution in [0.1, 0.15) is 37.8 Å². The Bertz CT molecular complexity index is 478. The molecule has 1 N–H and O–H groups in total. The van der Waals surface area contributed by atoms with Gasteiger partial charge in [-0.1, -0.05) is 19.4 Å². The average molecular weight is 292 g/mol. The van der Waals surface area contributed by atoms with Crippen LogP contribution in [0.2, 0.25) is 0 Å². The summed E-state index contributed by atoms with van der Waals surface area (Å²) >= 11 is 0. The molecule has 4 heteroatoms. The summed E-state index contributed by atoms with van der Waals surface area (Å²) in [7, 11) is 1.59. The highest BCUT2D eigenvalue weighted by Crippen LogP contribution is 2.20. The highest BCUT2D eigenvalue weighted by molar-refractivity contribution is 5.87. The molecule has 1 aromatic rings. The van der Waals surface area contributed by atoms with E-state index in [0.717, 1.165) is 24.0 Å². The molecule has 0 aliphatic rings. The molecule has 1 atom stereocenters. The van der Waals surface area contributed by atoms with Crippen LogP contribution in [0.5, 0.6) is 5.75 Å². The molecule has 4 nitrogen and oxygen atoms in total. The molecule has 0 bridgehead atoms. The van der Waals surface area contributed by atoms with Gasteiger partial charge in [0, 0.05) is 6.08 Å². The number of aliphatic hydroxyl groups is 1. The molecule has 1 rings (SSSR count). The minimum Gasteiger partial charge on any atom is -0.497 e. The maximum absolute atomic E-state index is 11.6. The lowest BCUT2D eigenvalue weighted by atomic mass is 10.0. The number of rotatable bonds is 8. The number of unbranched alkanes of at least 4 members (excludes halogenated alkanes) is 1. The highest BCUT2D eigenvalue weighted by Gasteiger charge is 2.06. The number of hydrogen-bond donors (Lipinski definition) is 1. The summed E-state index contributed by atoms with van der Waals surface area (Å²) in [6.45, 7) is 4.22. The van der Waals surface area contributed by atoms with Crippen molar-refractivity contribution in [1.82, 2.24) is 0 Å². The highest BCUT2D eigenvalue weighted by atomic mass is 16.5. The number of benzene rings is 1. The molecule has 0 amide bonds. The molecule has 0 aliphatic carbocycles. The van der Waals surface area contributed by atoms with E-state index in [4.69, 9.17) is 9.47 Å². The van der Waals surface area contributed by atoms with Crippen LogP contribution in [-0.2, 0) is 16.0 Å². The Morgan fingerprint density at radius 3 is 2.81 bits per heavy atom. The van der Waals surface area contributed by atoms with Crippen molar-refractivity contribution < 1.29 is 19.4 Å². The van der Waals surface area contributed by atoms with E-state index in [2.05, 4.69) is 0 Å². The van der Waals surface area contributed by atoms with Gasteiger partial charge in [-0.15, -0.1) is 0 Å². The average Bonchev–Trinajstić information content (AvgIpc) is 2.46. The van der Waals surface area contributed by atoms with Crippen molar-refractivity contribution in [1.29, 1.82) is 0 Å². The zero-order valence-electron chi connectivity index (χ0n) is 13.0. The summed E-state index contributed by atoms with van der Waals surface area (Å²) < 4.78 is 10.3. The van der Waals surface area contributed by atoms with Crippen LogP contribution in [0.3, 0.4) is 0 Å². The number of methoxy groups -OCH3 is 1. The van der Waals surface area contributed by atoms with Gasteiger partial charge in [0.05, 0.1) is 19.8 Å². The monoisotopic (exact) mass is 292 g/mol. The lowest BCUT2D eigenvalue weighted by Crippen LogP contribution is -2.06. The smallest absolute Gasteiger partial charge is 0.330 e. The predicted molar refractivity (Wildman–Crippen MR) is 83.3 cm³/mol. The summed E-state index contributed by atoms with van der Waals surface area (Å²) in [5, 5.41) is 9.53. The Morgan fingerprint density at radius 1 is 1.43 bits per heavy atom. The van der Waals surface area contributed by atoms with Gasteiger partial charge in [-0.25, -0.2) is 4.79 Å². The number of ether oxygens (including phenoxy) is 2. The second-order valence-electron chi connectivity index (χ2n) is 4.97. The van der Waals surface area contributed by atoms with Crippen LogP contribution in [0.15, 0.2) is 24.3 Å². The summed E-state index contributed by atoms with van der Waals surface area (Å²) in [5.41, 5.74) is 1.81. The van der Waals surface area contributed by atoms with Gasteiger partial charge in [0.25, 0.3) is 0 Å². The molecule has 1 unspecified atom stereocenters. The van der Waals surface area contributed by atoms with Gasteiger partial charge >= 0.3 is 5.97 Å². The van der Waals surface area contributed by atoms with Gasteiger partial charge in [0.2, 0.25) is 0 Å². The standard InChI is InChI=1S/C17H24O4/c1-4-5-10-21-17(19)9-7-15-12-16(20-3)8-6-14(15)11-13(2)18/h6-9,12-13,18H,4-5,10-11H2,1-3H3/b9-7+. The molecule has 0 spiro atoms. The zero-order valence-corrected chi connectivity index (χ0v) is 13.0. The van der Waals surface area contributed by atoms with Gasteiger partial charge in [0.15, 0.2) is 0 Å². The number of carbonyl (C=O) groups is 1. The van der Waals surface area contributed by atoms with Gasteiger partial charge < -0.3 is 14.6 Å². The van der Waals surface area contributed by atoms with E-state index in [1.54, 1.807) is 20.1 Å². The van der Waals surface area contributed by atoms with Crippen molar-refractivity contribution in [3.63, 3.8) is 0 Å². The number of esters is 1. The fourth-order valence-electron chi connectivity index (χ4n) is 1.88. The molecule has 0 saturated carbocycles. The molecular weight excluding hydrogens is 268 g/mol. The van der Waals surface area contributed by atoms with Gasteiger partial charge in [-0.05, 0) is 49.1 Å².